The Bertz CT molecular complexity index is 245. The highest BCUT2D eigenvalue weighted by Gasteiger charge is 2.38. The summed E-state index contributed by atoms with van der Waals surface area (Å²) in [5.41, 5.74) is 0. The van der Waals surface area contributed by atoms with Crippen LogP contribution in [-0.2, 0) is 23.1 Å². The Labute approximate surface area is 89.0 Å². The first kappa shape index (κ1) is 13.1. The molecule has 0 aromatic rings. The largest absolute Gasteiger partial charge is 0.382 e. The number of methoxy groups -OCH3 is 1. The summed E-state index contributed by atoms with van der Waals surface area (Å²) >= 11 is 0. The van der Waals surface area contributed by atoms with E-state index < -0.39 is 26.1 Å². The van der Waals surface area contributed by atoms with E-state index in [1.54, 1.807) is 0 Å². The molecule has 1 saturated heterocycles. The van der Waals surface area contributed by atoms with Crippen molar-refractivity contribution in [2.75, 3.05) is 27.5 Å². The van der Waals surface area contributed by atoms with Crippen LogP contribution in [0, 0.1) is 0 Å². The van der Waals surface area contributed by atoms with E-state index in [0.717, 1.165) is 0 Å². The number of aliphatic hydroxyl groups is 1. The SMILES string of the molecule is COCC1OC(O)CC1OP(C)(=O)OC. The first-order valence-corrected chi connectivity index (χ1v) is 6.61. The normalized spacial score (nSPS) is 35.3. The summed E-state index contributed by atoms with van der Waals surface area (Å²) in [7, 11) is -0.218. The van der Waals surface area contributed by atoms with Gasteiger partial charge < -0.3 is 23.6 Å². The van der Waals surface area contributed by atoms with Gasteiger partial charge in [0.1, 0.15) is 12.2 Å². The van der Waals surface area contributed by atoms with E-state index in [2.05, 4.69) is 0 Å². The van der Waals surface area contributed by atoms with Crippen molar-refractivity contribution < 1.29 is 28.2 Å². The predicted molar refractivity (Wildman–Crippen MR) is 52.8 cm³/mol. The second kappa shape index (κ2) is 5.39. The van der Waals surface area contributed by atoms with Crippen LogP contribution in [0.4, 0.5) is 0 Å². The molecule has 0 aromatic heterocycles. The highest BCUT2D eigenvalue weighted by atomic mass is 31.2. The minimum Gasteiger partial charge on any atom is -0.382 e. The van der Waals surface area contributed by atoms with Gasteiger partial charge in [-0.05, 0) is 0 Å². The van der Waals surface area contributed by atoms with Crippen molar-refractivity contribution in [2.24, 2.45) is 0 Å². The molecule has 1 rings (SSSR count). The third kappa shape index (κ3) is 3.83. The molecule has 7 heteroatoms. The Balaban J connectivity index is 2.55. The molecule has 1 aliphatic rings. The summed E-state index contributed by atoms with van der Waals surface area (Å²) in [6.45, 7) is 1.66. The summed E-state index contributed by atoms with van der Waals surface area (Å²) < 4.78 is 31.6. The average molecular weight is 240 g/mol. The van der Waals surface area contributed by atoms with Crippen molar-refractivity contribution in [3.63, 3.8) is 0 Å². The maximum absolute atomic E-state index is 11.6. The summed E-state index contributed by atoms with van der Waals surface area (Å²) in [4.78, 5) is 0. The molecule has 15 heavy (non-hydrogen) atoms. The molecule has 1 aliphatic heterocycles. The average Bonchev–Trinajstić information content (AvgIpc) is 2.47. The third-order valence-electron chi connectivity index (χ3n) is 2.17. The molecule has 4 atom stereocenters. The zero-order valence-electron chi connectivity index (χ0n) is 9.08. The monoisotopic (exact) mass is 240 g/mol. The zero-order chi connectivity index (χ0) is 11.5. The van der Waals surface area contributed by atoms with Gasteiger partial charge in [-0.1, -0.05) is 0 Å². The summed E-state index contributed by atoms with van der Waals surface area (Å²) in [5, 5.41) is 9.28. The van der Waals surface area contributed by atoms with Crippen LogP contribution in [0.5, 0.6) is 0 Å². The zero-order valence-corrected chi connectivity index (χ0v) is 9.98. The van der Waals surface area contributed by atoms with Gasteiger partial charge in [0.15, 0.2) is 6.29 Å². The van der Waals surface area contributed by atoms with Crippen molar-refractivity contribution >= 4 is 7.60 Å². The molecule has 1 heterocycles. The van der Waals surface area contributed by atoms with Crippen LogP contribution >= 0.6 is 7.60 Å². The van der Waals surface area contributed by atoms with E-state index in [-0.39, 0.29) is 13.0 Å². The fraction of sp³-hybridized carbons (Fsp3) is 1.00. The standard InChI is InChI=1S/C8H17O6P/c1-11-5-7-6(4-8(9)13-7)14-15(3,10)12-2/h6-9H,4-5H2,1-3H3. The first-order chi connectivity index (χ1) is 6.98. The summed E-state index contributed by atoms with van der Waals surface area (Å²) in [5.74, 6) is 0. The van der Waals surface area contributed by atoms with Gasteiger partial charge in [0, 0.05) is 27.3 Å². The van der Waals surface area contributed by atoms with Crippen LogP contribution in [0.25, 0.3) is 0 Å². The highest BCUT2D eigenvalue weighted by Crippen LogP contribution is 2.46. The van der Waals surface area contributed by atoms with E-state index in [1.165, 1.54) is 20.9 Å². The fourth-order valence-corrected chi connectivity index (χ4v) is 2.21. The summed E-state index contributed by atoms with van der Waals surface area (Å²) in [6.07, 6.45) is -1.49. The molecule has 0 bridgehead atoms. The van der Waals surface area contributed by atoms with E-state index in [4.69, 9.17) is 18.5 Å². The fourth-order valence-electron chi connectivity index (χ4n) is 1.41. The minimum absolute atomic E-state index is 0.273. The lowest BCUT2D eigenvalue weighted by molar-refractivity contribution is -0.110. The third-order valence-corrected chi connectivity index (χ3v) is 3.49. The maximum atomic E-state index is 11.6. The van der Waals surface area contributed by atoms with Gasteiger partial charge in [0.05, 0.1) is 6.61 Å². The van der Waals surface area contributed by atoms with Gasteiger partial charge in [-0.3, -0.25) is 4.57 Å². The van der Waals surface area contributed by atoms with Gasteiger partial charge >= 0.3 is 7.60 Å². The molecule has 4 unspecified atom stereocenters. The van der Waals surface area contributed by atoms with Gasteiger partial charge in [-0.2, -0.15) is 0 Å². The van der Waals surface area contributed by atoms with Gasteiger partial charge in [-0.25, -0.2) is 0 Å². The number of ether oxygens (including phenoxy) is 2. The Morgan fingerprint density at radius 2 is 2.20 bits per heavy atom. The van der Waals surface area contributed by atoms with E-state index in [0.29, 0.717) is 0 Å². The van der Waals surface area contributed by atoms with Crippen molar-refractivity contribution in [1.29, 1.82) is 0 Å². The lowest BCUT2D eigenvalue weighted by Crippen LogP contribution is -2.28. The van der Waals surface area contributed by atoms with Crippen molar-refractivity contribution in [3.05, 3.63) is 0 Å². The second-order valence-corrected chi connectivity index (χ2v) is 5.54. The summed E-state index contributed by atoms with van der Waals surface area (Å²) in [6, 6.07) is 0. The molecule has 0 amide bonds. The van der Waals surface area contributed by atoms with Crippen molar-refractivity contribution in [2.45, 2.75) is 24.9 Å². The van der Waals surface area contributed by atoms with Crippen molar-refractivity contribution in [1.82, 2.24) is 0 Å². The molecule has 90 valence electrons. The molecule has 0 aliphatic carbocycles. The topological polar surface area (TPSA) is 74.2 Å². The number of hydrogen-bond donors (Lipinski definition) is 1. The van der Waals surface area contributed by atoms with Gasteiger partial charge in [0.25, 0.3) is 0 Å². The second-order valence-electron chi connectivity index (χ2n) is 3.42. The first-order valence-electron chi connectivity index (χ1n) is 4.62. The smallest absolute Gasteiger partial charge is 0.327 e. The van der Waals surface area contributed by atoms with Gasteiger partial charge in [0.2, 0.25) is 0 Å². The number of aliphatic hydroxyl groups excluding tert-OH is 1. The van der Waals surface area contributed by atoms with E-state index >= 15 is 0 Å². The number of hydrogen-bond acceptors (Lipinski definition) is 6. The van der Waals surface area contributed by atoms with Crippen LogP contribution in [0.2, 0.25) is 0 Å². The van der Waals surface area contributed by atoms with Crippen molar-refractivity contribution in [3.8, 4) is 0 Å². The Morgan fingerprint density at radius 1 is 1.53 bits per heavy atom. The molecule has 0 saturated carbocycles. The molecule has 1 N–H and O–H groups in total. The van der Waals surface area contributed by atoms with Crippen LogP contribution in [-0.4, -0.2) is 51.1 Å². The Kier molecular flexibility index (Phi) is 4.70. The molecule has 1 fully saturated rings. The van der Waals surface area contributed by atoms with Gasteiger partial charge in [-0.15, -0.1) is 0 Å². The highest BCUT2D eigenvalue weighted by molar-refractivity contribution is 7.52. The van der Waals surface area contributed by atoms with Crippen LogP contribution in [0.15, 0.2) is 0 Å². The predicted octanol–water partition coefficient (Wildman–Crippen LogP) is 0.595. The lowest BCUT2D eigenvalue weighted by atomic mass is 10.2. The van der Waals surface area contributed by atoms with E-state index in [1.807, 2.05) is 0 Å². The Hall–Kier alpha value is 0.0300. The van der Waals surface area contributed by atoms with Crippen LogP contribution < -0.4 is 0 Å². The molecular weight excluding hydrogens is 223 g/mol. The van der Waals surface area contributed by atoms with E-state index in [9.17, 15) is 9.67 Å². The molecule has 6 nitrogen and oxygen atoms in total. The molecular formula is C8H17O6P. The van der Waals surface area contributed by atoms with Crippen LogP contribution in [0.3, 0.4) is 0 Å². The maximum Gasteiger partial charge on any atom is 0.327 e. The Morgan fingerprint density at radius 3 is 2.73 bits per heavy atom. The molecule has 0 radical (unpaired) electrons. The number of rotatable bonds is 5. The minimum atomic E-state index is -3.06. The molecule has 0 aromatic carbocycles. The molecule has 0 spiro atoms. The lowest BCUT2D eigenvalue weighted by Gasteiger charge is -2.20. The van der Waals surface area contributed by atoms with Crippen LogP contribution in [0.1, 0.15) is 6.42 Å². The quantitative estimate of drug-likeness (QED) is 0.709.